The molecule has 1 spiro atoms. The molecule has 2 aromatic carbocycles. The van der Waals surface area contributed by atoms with Crippen molar-refractivity contribution < 1.29 is 14.3 Å². The summed E-state index contributed by atoms with van der Waals surface area (Å²) in [6.45, 7) is 1.16. The summed E-state index contributed by atoms with van der Waals surface area (Å²) in [5.74, 6) is 2.08. The lowest BCUT2D eigenvalue weighted by Gasteiger charge is -2.33. The van der Waals surface area contributed by atoms with E-state index in [0.29, 0.717) is 18.1 Å². The van der Waals surface area contributed by atoms with Crippen molar-refractivity contribution in [1.29, 1.82) is 0 Å². The number of fused-ring (bicyclic) bond motifs is 4. The number of benzene rings is 2. The van der Waals surface area contributed by atoms with Gasteiger partial charge in [0.25, 0.3) is 5.91 Å². The summed E-state index contributed by atoms with van der Waals surface area (Å²) in [6, 6.07) is 13.5. The Bertz CT molecular complexity index is 933. The summed E-state index contributed by atoms with van der Waals surface area (Å²) in [5.41, 5.74) is 1.84. The van der Waals surface area contributed by atoms with Crippen LogP contribution in [0.15, 0.2) is 47.5 Å². The number of carbonyl (C=O) groups excluding carboxylic acids is 1. The highest BCUT2D eigenvalue weighted by Crippen LogP contribution is 2.50. The third kappa shape index (κ3) is 2.86. The van der Waals surface area contributed by atoms with E-state index in [-0.39, 0.29) is 5.91 Å². The number of nitrogens with one attached hydrogen (secondary N) is 1. The molecule has 0 radical (unpaired) electrons. The van der Waals surface area contributed by atoms with Crippen LogP contribution in [0.2, 0.25) is 0 Å². The van der Waals surface area contributed by atoms with Crippen molar-refractivity contribution in [2.24, 2.45) is 10.9 Å². The highest BCUT2D eigenvalue weighted by Gasteiger charge is 2.45. The zero-order valence-corrected chi connectivity index (χ0v) is 15.8. The van der Waals surface area contributed by atoms with E-state index in [0.717, 1.165) is 29.2 Å². The van der Waals surface area contributed by atoms with Crippen LogP contribution in [0.25, 0.3) is 0 Å². The predicted octanol–water partition coefficient (Wildman–Crippen LogP) is 4.40. The summed E-state index contributed by atoms with van der Waals surface area (Å²) in [6.07, 6.45) is 7.80. The molecule has 2 heterocycles. The Balaban J connectivity index is 1.44. The van der Waals surface area contributed by atoms with E-state index in [2.05, 4.69) is 10.3 Å². The molecule has 28 heavy (non-hydrogen) atoms. The second-order valence-corrected chi connectivity index (χ2v) is 7.93. The normalized spacial score (nSPS) is 22.9. The molecule has 5 rings (SSSR count). The summed E-state index contributed by atoms with van der Waals surface area (Å²) in [4.78, 5) is 17.5. The van der Waals surface area contributed by atoms with Crippen molar-refractivity contribution in [2.75, 3.05) is 13.2 Å². The summed E-state index contributed by atoms with van der Waals surface area (Å²) in [5, 5.41) is 3.12. The van der Waals surface area contributed by atoms with Crippen molar-refractivity contribution in [3.8, 4) is 11.5 Å². The number of rotatable bonds is 3. The molecule has 1 saturated carbocycles. The maximum atomic E-state index is 12.8. The lowest BCUT2D eigenvalue weighted by atomic mass is 9.81. The zero-order chi connectivity index (χ0) is 19.0. The number of para-hydroxylation sites is 1. The fourth-order valence-electron chi connectivity index (χ4n) is 4.59. The third-order valence-electron chi connectivity index (χ3n) is 6.16. The van der Waals surface area contributed by atoms with E-state index < -0.39 is 5.54 Å². The van der Waals surface area contributed by atoms with E-state index in [9.17, 15) is 4.79 Å². The van der Waals surface area contributed by atoms with Gasteiger partial charge in [-0.3, -0.25) is 4.79 Å². The molecule has 5 heteroatoms. The number of ether oxygens (including phenoxy) is 2. The Labute approximate surface area is 164 Å². The second-order valence-electron chi connectivity index (χ2n) is 7.93. The van der Waals surface area contributed by atoms with Crippen LogP contribution < -0.4 is 10.1 Å². The second kappa shape index (κ2) is 6.97. The van der Waals surface area contributed by atoms with Crippen LogP contribution in [0.5, 0.6) is 11.5 Å². The number of hydrogen-bond donors (Lipinski definition) is 1. The van der Waals surface area contributed by atoms with Gasteiger partial charge in [0.1, 0.15) is 18.1 Å². The van der Waals surface area contributed by atoms with Crippen LogP contribution in [0, 0.1) is 5.92 Å². The fourth-order valence-corrected chi connectivity index (χ4v) is 4.59. The summed E-state index contributed by atoms with van der Waals surface area (Å²) >= 11 is 0. The lowest BCUT2D eigenvalue weighted by molar-refractivity contribution is 0.0943. The lowest BCUT2D eigenvalue weighted by Crippen LogP contribution is -2.33. The smallest absolute Gasteiger partial charge is 0.251 e. The minimum absolute atomic E-state index is 0.0368. The van der Waals surface area contributed by atoms with Gasteiger partial charge in [0.15, 0.2) is 11.9 Å². The van der Waals surface area contributed by atoms with Gasteiger partial charge in [0.2, 0.25) is 0 Å². The Morgan fingerprint density at radius 2 is 1.89 bits per heavy atom. The average molecular weight is 376 g/mol. The molecule has 1 atom stereocenters. The van der Waals surface area contributed by atoms with Gasteiger partial charge in [-0.15, -0.1) is 0 Å². The molecule has 1 amide bonds. The minimum Gasteiger partial charge on any atom is -0.480 e. The quantitative estimate of drug-likeness (QED) is 0.863. The molecule has 1 aliphatic carbocycles. The molecular formula is C23H24N2O3. The minimum atomic E-state index is -0.649. The van der Waals surface area contributed by atoms with Gasteiger partial charge in [-0.2, -0.15) is 0 Å². The summed E-state index contributed by atoms with van der Waals surface area (Å²) in [7, 11) is 0. The molecule has 0 aromatic heterocycles. The van der Waals surface area contributed by atoms with Crippen LogP contribution in [-0.4, -0.2) is 25.5 Å². The van der Waals surface area contributed by atoms with Crippen LogP contribution in [0.4, 0.5) is 0 Å². The Kier molecular flexibility index (Phi) is 4.30. The number of nitrogens with zero attached hydrogens (tertiary/aromatic N) is 1. The molecule has 1 fully saturated rings. The highest BCUT2D eigenvalue weighted by atomic mass is 16.5. The highest BCUT2D eigenvalue weighted by molar-refractivity contribution is 5.95. The Morgan fingerprint density at radius 3 is 2.71 bits per heavy atom. The maximum absolute atomic E-state index is 12.8. The van der Waals surface area contributed by atoms with Crippen molar-refractivity contribution in [3.63, 3.8) is 0 Å². The Hall–Kier alpha value is -2.82. The average Bonchev–Trinajstić information content (AvgIpc) is 3.23. The largest absolute Gasteiger partial charge is 0.480 e. The SMILES string of the molecule is O=C(NCC1CCCCC1)c1ccc2c(c1)C1(COC=N1)c1ccccc1O2. The van der Waals surface area contributed by atoms with Crippen LogP contribution >= 0.6 is 0 Å². The first-order valence-electron chi connectivity index (χ1n) is 10.1. The van der Waals surface area contributed by atoms with Gasteiger partial charge in [-0.05, 0) is 43.0 Å². The van der Waals surface area contributed by atoms with E-state index in [1.807, 2.05) is 42.5 Å². The first kappa shape index (κ1) is 17.3. The standard InChI is InChI=1S/C23H24N2O3/c26-22(24-13-16-6-2-1-3-7-16)17-10-11-21-19(12-17)23(14-27-15-25-23)18-8-4-5-9-20(18)28-21/h4-5,8-12,15-16H,1-3,6-7,13-14H2,(H,24,26). The first-order chi connectivity index (χ1) is 13.8. The van der Waals surface area contributed by atoms with E-state index in [4.69, 9.17) is 9.47 Å². The van der Waals surface area contributed by atoms with Crippen molar-refractivity contribution >= 4 is 12.3 Å². The molecule has 0 saturated heterocycles. The van der Waals surface area contributed by atoms with Crippen LogP contribution in [-0.2, 0) is 10.3 Å². The van der Waals surface area contributed by atoms with Gasteiger partial charge in [-0.1, -0.05) is 37.5 Å². The van der Waals surface area contributed by atoms with E-state index in [1.54, 1.807) is 0 Å². The number of carbonyl (C=O) groups is 1. The Morgan fingerprint density at radius 1 is 1.07 bits per heavy atom. The molecule has 2 aliphatic heterocycles. The number of hydrogen-bond acceptors (Lipinski definition) is 4. The molecule has 2 aromatic rings. The zero-order valence-electron chi connectivity index (χ0n) is 15.8. The van der Waals surface area contributed by atoms with E-state index in [1.165, 1.54) is 38.5 Å². The molecular weight excluding hydrogens is 352 g/mol. The first-order valence-corrected chi connectivity index (χ1v) is 10.1. The van der Waals surface area contributed by atoms with Crippen LogP contribution in [0.1, 0.15) is 53.6 Å². The monoisotopic (exact) mass is 376 g/mol. The number of aliphatic imine (C=N–C) groups is 1. The molecule has 5 nitrogen and oxygen atoms in total. The molecule has 1 unspecified atom stereocenters. The maximum Gasteiger partial charge on any atom is 0.251 e. The third-order valence-corrected chi connectivity index (χ3v) is 6.16. The van der Waals surface area contributed by atoms with E-state index >= 15 is 0 Å². The van der Waals surface area contributed by atoms with Crippen molar-refractivity contribution in [2.45, 2.75) is 37.6 Å². The van der Waals surface area contributed by atoms with Gasteiger partial charge in [0, 0.05) is 23.2 Å². The molecule has 3 aliphatic rings. The fraction of sp³-hybridized carbons (Fsp3) is 0.391. The molecule has 0 bridgehead atoms. The molecule has 1 N–H and O–H groups in total. The number of amides is 1. The van der Waals surface area contributed by atoms with Gasteiger partial charge in [-0.25, -0.2) is 4.99 Å². The van der Waals surface area contributed by atoms with Crippen molar-refractivity contribution in [1.82, 2.24) is 5.32 Å². The van der Waals surface area contributed by atoms with Gasteiger partial charge in [0.05, 0.1) is 0 Å². The topological polar surface area (TPSA) is 59.9 Å². The summed E-state index contributed by atoms with van der Waals surface area (Å²) < 4.78 is 11.6. The van der Waals surface area contributed by atoms with Gasteiger partial charge >= 0.3 is 0 Å². The van der Waals surface area contributed by atoms with Crippen molar-refractivity contribution in [3.05, 3.63) is 59.2 Å². The molecule has 144 valence electrons. The van der Waals surface area contributed by atoms with Crippen LogP contribution in [0.3, 0.4) is 0 Å². The predicted molar refractivity (Wildman–Crippen MR) is 107 cm³/mol. The van der Waals surface area contributed by atoms with Gasteiger partial charge < -0.3 is 14.8 Å².